The molecule has 4 heavy (non-hydrogen) atoms. The van der Waals surface area contributed by atoms with Crippen LogP contribution >= 0.6 is 21.9 Å². The van der Waals surface area contributed by atoms with Crippen LogP contribution in [0.3, 0.4) is 0 Å². The van der Waals surface area contributed by atoms with E-state index in [0.29, 0.717) is 0 Å². The standard InChI is InChI=1S/CH2OS2/c1-2-4-3-1/h1H2. The zero-order valence-electron chi connectivity index (χ0n) is 1.93. The molecule has 0 aromatic rings. The maximum Gasteiger partial charge on any atom is 0.120 e. The second-order valence-corrected chi connectivity index (χ2v) is 2.38. The minimum absolute atomic E-state index is 0.880. The molecule has 1 fully saturated rings. The maximum atomic E-state index is 4.60. The van der Waals surface area contributed by atoms with Crippen molar-refractivity contribution in [1.82, 2.24) is 0 Å². The average molecular weight is 94.2 g/mol. The van der Waals surface area contributed by atoms with Gasteiger partial charge in [0, 0.05) is 0 Å². The Morgan fingerprint density at radius 3 is 2.00 bits per heavy atom. The van der Waals surface area contributed by atoms with E-state index in [1.807, 2.05) is 0 Å². The van der Waals surface area contributed by atoms with Crippen molar-refractivity contribution in [2.24, 2.45) is 0 Å². The van der Waals surface area contributed by atoms with Crippen LogP contribution in [0, 0.1) is 0 Å². The lowest BCUT2D eigenvalue weighted by molar-refractivity contribution is 0.459. The van der Waals surface area contributed by atoms with E-state index in [4.69, 9.17) is 0 Å². The highest BCUT2D eigenvalue weighted by Crippen LogP contribution is 2.33. The lowest BCUT2D eigenvalue weighted by Gasteiger charge is -2.04. The molecule has 0 radical (unpaired) electrons. The summed E-state index contributed by atoms with van der Waals surface area (Å²) in [5.41, 5.74) is 0. The molecule has 0 aliphatic carbocycles. The van der Waals surface area contributed by atoms with Crippen LogP contribution in [0.4, 0.5) is 0 Å². The van der Waals surface area contributed by atoms with Gasteiger partial charge in [-0.3, -0.25) is 4.18 Å². The van der Waals surface area contributed by atoms with Crippen molar-refractivity contribution in [1.29, 1.82) is 0 Å². The van der Waals surface area contributed by atoms with Gasteiger partial charge in [0.1, 0.15) is 5.94 Å². The van der Waals surface area contributed by atoms with Crippen LogP contribution in [-0.2, 0) is 4.18 Å². The Morgan fingerprint density at radius 1 is 1.75 bits per heavy atom. The summed E-state index contributed by atoms with van der Waals surface area (Å²) >= 11 is 1.45. The van der Waals surface area contributed by atoms with Crippen molar-refractivity contribution >= 4 is 21.9 Å². The molecule has 0 spiro atoms. The predicted molar refractivity (Wildman–Crippen MR) is 21.1 cm³/mol. The van der Waals surface area contributed by atoms with Crippen molar-refractivity contribution in [3.05, 3.63) is 0 Å². The average Bonchev–Trinajstić information content (AvgIpc) is 0.722. The molecule has 0 aromatic carbocycles. The van der Waals surface area contributed by atoms with Gasteiger partial charge in [0.2, 0.25) is 0 Å². The molecule has 0 bridgehead atoms. The minimum Gasteiger partial charge on any atom is -0.293 e. The molecule has 0 unspecified atom stereocenters. The summed E-state index contributed by atoms with van der Waals surface area (Å²) in [5, 5.41) is 0. The number of hydrogen-bond acceptors (Lipinski definition) is 3. The van der Waals surface area contributed by atoms with E-state index in [1.165, 1.54) is 11.1 Å². The molecule has 1 aliphatic heterocycles. The normalized spacial score (nSPS) is 24.0. The fraction of sp³-hybridized carbons (Fsp3) is 1.00. The van der Waals surface area contributed by atoms with Crippen LogP contribution in [0.5, 0.6) is 0 Å². The monoisotopic (exact) mass is 94.0 g/mol. The zero-order valence-corrected chi connectivity index (χ0v) is 3.56. The second-order valence-electron chi connectivity index (χ2n) is 0.422. The predicted octanol–water partition coefficient (Wildman–Crippen LogP) is 1.27. The molecule has 0 N–H and O–H groups in total. The fourth-order valence-corrected chi connectivity index (χ4v) is 0.433. The smallest absolute Gasteiger partial charge is 0.120 e. The van der Waals surface area contributed by atoms with Gasteiger partial charge in [-0.05, 0) is 10.8 Å². The van der Waals surface area contributed by atoms with Crippen molar-refractivity contribution in [3.8, 4) is 0 Å². The maximum absolute atomic E-state index is 4.60. The van der Waals surface area contributed by atoms with E-state index in [1.54, 1.807) is 10.8 Å². The molecule has 0 aromatic heterocycles. The third-order valence-corrected chi connectivity index (χ3v) is 1.73. The van der Waals surface area contributed by atoms with Crippen LogP contribution in [-0.4, -0.2) is 5.94 Å². The van der Waals surface area contributed by atoms with Gasteiger partial charge in [-0.15, -0.1) is 0 Å². The molecular weight excluding hydrogens is 92.1 g/mol. The Labute approximate surface area is 32.7 Å². The van der Waals surface area contributed by atoms with Gasteiger partial charge >= 0.3 is 0 Å². The van der Waals surface area contributed by atoms with Gasteiger partial charge in [-0.1, -0.05) is 0 Å². The van der Waals surface area contributed by atoms with E-state index in [-0.39, 0.29) is 0 Å². The summed E-state index contributed by atoms with van der Waals surface area (Å²) in [7, 11) is 1.73. The van der Waals surface area contributed by atoms with Crippen LogP contribution < -0.4 is 0 Å². The highest BCUT2D eigenvalue weighted by molar-refractivity contribution is 8.77. The molecule has 1 rings (SSSR count). The third-order valence-electron chi connectivity index (χ3n) is 0.192. The Morgan fingerprint density at radius 2 is 2.00 bits per heavy atom. The Bertz CT molecular complexity index is 14.0. The highest BCUT2D eigenvalue weighted by Gasteiger charge is 1.97. The number of rotatable bonds is 0. The summed E-state index contributed by atoms with van der Waals surface area (Å²) in [4.78, 5) is 0. The molecular formula is CH2OS2. The first-order chi connectivity index (χ1) is 2.00. The summed E-state index contributed by atoms with van der Waals surface area (Å²) in [6.45, 7) is 0. The van der Waals surface area contributed by atoms with Gasteiger partial charge in [-0.25, -0.2) is 0 Å². The first kappa shape index (κ1) is 2.87. The van der Waals surface area contributed by atoms with Crippen LogP contribution in [0.25, 0.3) is 0 Å². The van der Waals surface area contributed by atoms with Crippen LogP contribution in [0.2, 0.25) is 0 Å². The molecule has 24 valence electrons. The van der Waals surface area contributed by atoms with Gasteiger partial charge in [0.15, 0.2) is 0 Å². The van der Waals surface area contributed by atoms with E-state index in [9.17, 15) is 0 Å². The van der Waals surface area contributed by atoms with Gasteiger partial charge in [-0.2, -0.15) is 0 Å². The second kappa shape index (κ2) is 1.19. The molecule has 1 nitrogen and oxygen atoms in total. The largest absolute Gasteiger partial charge is 0.293 e. The van der Waals surface area contributed by atoms with Crippen molar-refractivity contribution < 1.29 is 4.18 Å². The van der Waals surface area contributed by atoms with E-state index >= 15 is 0 Å². The van der Waals surface area contributed by atoms with Crippen molar-refractivity contribution in [2.45, 2.75) is 0 Å². The molecule has 3 heteroatoms. The van der Waals surface area contributed by atoms with Crippen LogP contribution in [0.1, 0.15) is 0 Å². The topological polar surface area (TPSA) is 9.23 Å². The third kappa shape index (κ3) is 0.338. The van der Waals surface area contributed by atoms with Crippen molar-refractivity contribution in [3.63, 3.8) is 0 Å². The Kier molecular flexibility index (Phi) is 0.857. The van der Waals surface area contributed by atoms with E-state index < -0.39 is 0 Å². The highest BCUT2D eigenvalue weighted by atomic mass is 33.1. The number of hydrogen-bond donors (Lipinski definition) is 0. The van der Waals surface area contributed by atoms with E-state index in [0.717, 1.165) is 5.94 Å². The minimum atomic E-state index is 0.880. The molecule has 1 heterocycles. The molecule has 0 saturated carbocycles. The Balaban J connectivity index is 2.00. The van der Waals surface area contributed by atoms with Gasteiger partial charge < -0.3 is 0 Å². The lowest BCUT2D eigenvalue weighted by Crippen LogP contribution is -1.82. The first-order valence-electron chi connectivity index (χ1n) is 0.911. The molecule has 0 amide bonds. The van der Waals surface area contributed by atoms with E-state index in [2.05, 4.69) is 4.18 Å². The van der Waals surface area contributed by atoms with Crippen molar-refractivity contribution in [2.75, 3.05) is 5.94 Å². The summed E-state index contributed by atoms with van der Waals surface area (Å²) in [6, 6.07) is 0. The fourth-order valence-electron chi connectivity index (χ4n) is 0.0481. The molecule has 1 saturated heterocycles. The zero-order chi connectivity index (χ0) is 2.83. The SMILES string of the molecule is C1OSS1. The van der Waals surface area contributed by atoms with Crippen LogP contribution in [0.15, 0.2) is 0 Å². The lowest BCUT2D eigenvalue weighted by atomic mass is 11.7. The Hall–Kier alpha value is 0.660. The quantitative estimate of drug-likeness (QED) is 0.330. The molecule has 1 aliphatic rings. The molecule has 0 atom stereocenters. The summed E-state index contributed by atoms with van der Waals surface area (Å²) in [5.74, 6) is 0.880. The first-order valence-corrected chi connectivity index (χ1v) is 3.15. The summed E-state index contributed by atoms with van der Waals surface area (Å²) < 4.78 is 4.60. The van der Waals surface area contributed by atoms with Gasteiger partial charge in [0.05, 0.1) is 11.1 Å². The van der Waals surface area contributed by atoms with Gasteiger partial charge in [0.25, 0.3) is 0 Å². The summed E-state index contributed by atoms with van der Waals surface area (Å²) in [6.07, 6.45) is 0.